The lowest BCUT2D eigenvalue weighted by atomic mass is 10.2. The molecule has 0 aliphatic rings. The lowest BCUT2D eigenvalue weighted by Gasteiger charge is -2.05. The van der Waals surface area contributed by atoms with Crippen molar-refractivity contribution in [1.82, 2.24) is 25.2 Å². The minimum Gasteiger partial charge on any atom is -0.365 e. The third-order valence-corrected chi connectivity index (χ3v) is 3.37. The second kappa shape index (κ2) is 5.95. The van der Waals surface area contributed by atoms with Gasteiger partial charge in [-0.2, -0.15) is 18.3 Å². The number of hydrogen-bond donors (Lipinski definition) is 1. The SMILES string of the molecule is Cn1nc(C(F)(F)F)c2cc(C(=O)NCCc3ccon3)cnc21. The lowest BCUT2D eigenvalue weighted by Crippen LogP contribution is -2.25. The molecule has 0 unspecified atom stereocenters. The fraction of sp³-hybridized carbons (Fsp3) is 0.286. The molecule has 0 bridgehead atoms. The van der Waals surface area contributed by atoms with Crippen molar-refractivity contribution in [2.75, 3.05) is 6.54 Å². The highest BCUT2D eigenvalue weighted by atomic mass is 19.4. The molecular formula is C14H12F3N5O2. The summed E-state index contributed by atoms with van der Waals surface area (Å²) in [7, 11) is 1.36. The number of nitrogens with one attached hydrogen (secondary N) is 1. The average molecular weight is 339 g/mol. The molecule has 24 heavy (non-hydrogen) atoms. The number of fused-ring (bicyclic) bond motifs is 1. The summed E-state index contributed by atoms with van der Waals surface area (Å²) in [5, 5.41) is 9.51. The van der Waals surface area contributed by atoms with E-state index >= 15 is 0 Å². The number of aromatic nitrogens is 4. The van der Waals surface area contributed by atoms with Crippen molar-refractivity contribution >= 4 is 16.9 Å². The molecule has 126 valence electrons. The van der Waals surface area contributed by atoms with Gasteiger partial charge in [0.05, 0.1) is 16.6 Å². The molecular weight excluding hydrogens is 327 g/mol. The molecule has 3 heterocycles. The Labute approximate surface area is 133 Å². The number of pyridine rings is 1. The van der Waals surface area contributed by atoms with Crippen molar-refractivity contribution in [2.24, 2.45) is 7.05 Å². The molecule has 1 N–H and O–H groups in total. The molecule has 0 aliphatic carbocycles. The highest BCUT2D eigenvalue weighted by Gasteiger charge is 2.37. The molecule has 0 saturated carbocycles. The number of alkyl halides is 3. The maximum absolute atomic E-state index is 13.0. The fourth-order valence-corrected chi connectivity index (χ4v) is 2.25. The summed E-state index contributed by atoms with van der Waals surface area (Å²) in [5.74, 6) is -0.523. The number of amides is 1. The molecule has 7 nitrogen and oxygen atoms in total. The molecule has 0 atom stereocenters. The number of carbonyl (C=O) groups excluding carboxylic acids is 1. The molecule has 0 aliphatic heterocycles. The van der Waals surface area contributed by atoms with Crippen molar-refractivity contribution in [3.05, 3.63) is 41.5 Å². The molecule has 0 saturated heterocycles. The standard InChI is InChI=1S/C14H12F3N5O2/c1-22-12-10(11(20-22)14(15,16)17)6-8(7-19-12)13(23)18-4-2-9-3-5-24-21-9/h3,5-7H,2,4H2,1H3,(H,18,23). The first-order chi connectivity index (χ1) is 11.4. The Kier molecular flexibility index (Phi) is 3.96. The van der Waals surface area contributed by atoms with Gasteiger partial charge < -0.3 is 9.84 Å². The number of aryl methyl sites for hydroxylation is 1. The Morgan fingerprint density at radius 3 is 2.88 bits per heavy atom. The molecule has 10 heteroatoms. The quantitative estimate of drug-likeness (QED) is 0.785. The van der Waals surface area contributed by atoms with Crippen LogP contribution in [0.3, 0.4) is 0 Å². The number of rotatable bonds is 4. The summed E-state index contributed by atoms with van der Waals surface area (Å²) in [6.45, 7) is 0.266. The van der Waals surface area contributed by atoms with Crippen molar-refractivity contribution in [3.8, 4) is 0 Å². The normalized spacial score (nSPS) is 11.8. The van der Waals surface area contributed by atoms with Gasteiger partial charge in [-0.25, -0.2) is 9.67 Å². The largest absolute Gasteiger partial charge is 0.435 e. The van der Waals surface area contributed by atoms with E-state index in [9.17, 15) is 18.0 Å². The number of carbonyl (C=O) groups is 1. The summed E-state index contributed by atoms with van der Waals surface area (Å²) in [5.41, 5.74) is -0.317. The first kappa shape index (κ1) is 16.0. The smallest absolute Gasteiger partial charge is 0.365 e. The molecule has 3 aromatic rings. The van der Waals surface area contributed by atoms with Crippen LogP contribution in [0.4, 0.5) is 13.2 Å². The van der Waals surface area contributed by atoms with Gasteiger partial charge in [0.2, 0.25) is 0 Å². The Hall–Kier alpha value is -2.91. The minimum atomic E-state index is -4.62. The van der Waals surface area contributed by atoms with Crippen LogP contribution in [-0.2, 0) is 19.6 Å². The number of hydrogen-bond acceptors (Lipinski definition) is 5. The van der Waals surface area contributed by atoms with Crippen LogP contribution in [0, 0.1) is 0 Å². The monoisotopic (exact) mass is 339 g/mol. The highest BCUT2D eigenvalue weighted by Crippen LogP contribution is 2.33. The molecule has 0 radical (unpaired) electrons. The van der Waals surface area contributed by atoms with Crippen molar-refractivity contribution < 1.29 is 22.5 Å². The predicted molar refractivity (Wildman–Crippen MR) is 76.1 cm³/mol. The Balaban J connectivity index is 1.80. The van der Waals surface area contributed by atoms with E-state index in [1.54, 1.807) is 6.07 Å². The zero-order chi connectivity index (χ0) is 17.3. The maximum Gasteiger partial charge on any atom is 0.435 e. The molecule has 3 aromatic heterocycles. The van der Waals surface area contributed by atoms with E-state index in [0.717, 1.165) is 10.7 Å². The van der Waals surface area contributed by atoms with E-state index in [1.165, 1.54) is 19.5 Å². The van der Waals surface area contributed by atoms with E-state index in [4.69, 9.17) is 0 Å². The lowest BCUT2D eigenvalue weighted by molar-refractivity contribution is -0.140. The van der Waals surface area contributed by atoms with Crippen molar-refractivity contribution in [1.29, 1.82) is 0 Å². The Morgan fingerprint density at radius 2 is 2.21 bits per heavy atom. The van der Waals surface area contributed by atoms with Gasteiger partial charge in [-0.1, -0.05) is 5.16 Å². The van der Waals surface area contributed by atoms with E-state index in [-0.39, 0.29) is 23.1 Å². The van der Waals surface area contributed by atoms with E-state index in [2.05, 4.69) is 25.1 Å². The third-order valence-electron chi connectivity index (χ3n) is 3.37. The zero-order valence-corrected chi connectivity index (χ0v) is 12.5. The summed E-state index contributed by atoms with van der Waals surface area (Å²) in [4.78, 5) is 16.0. The van der Waals surface area contributed by atoms with Gasteiger partial charge in [0.1, 0.15) is 6.26 Å². The summed E-state index contributed by atoms with van der Waals surface area (Å²) >= 11 is 0. The average Bonchev–Trinajstić information content (AvgIpc) is 3.14. The second-order valence-corrected chi connectivity index (χ2v) is 5.06. The number of nitrogens with zero attached hydrogens (tertiary/aromatic N) is 4. The first-order valence-corrected chi connectivity index (χ1v) is 6.93. The molecule has 0 spiro atoms. The van der Waals surface area contributed by atoms with Crippen molar-refractivity contribution in [2.45, 2.75) is 12.6 Å². The first-order valence-electron chi connectivity index (χ1n) is 6.93. The van der Waals surface area contributed by atoms with Crippen molar-refractivity contribution in [3.63, 3.8) is 0 Å². The van der Waals surface area contributed by atoms with E-state index < -0.39 is 17.8 Å². The van der Waals surface area contributed by atoms with Crippen LogP contribution < -0.4 is 5.32 Å². The molecule has 0 fully saturated rings. The molecule has 1 amide bonds. The minimum absolute atomic E-state index is 0.0288. The van der Waals surface area contributed by atoms with Crippen LogP contribution in [0.1, 0.15) is 21.7 Å². The van der Waals surface area contributed by atoms with Gasteiger partial charge in [0.15, 0.2) is 11.3 Å². The highest BCUT2D eigenvalue weighted by molar-refractivity contribution is 5.97. The molecule has 3 rings (SSSR count). The van der Waals surface area contributed by atoms with E-state index in [1.807, 2.05) is 0 Å². The van der Waals surface area contributed by atoms with Crippen LogP contribution in [0.15, 0.2) is 29.1 Å². The summed E-state index contributed by atoms with van der Waals surface area (Å²) in [6, 6.07) is 2.80. The zero-order valence-electron chi connectivity index (χ0n) is 12.5. The number of halogens is 3. The van der Waals surface area contributed by atoms with Gasteiger partial charge in [-0.05, 0) is 6.07 Å². The van der Waals surface area contributed by atoms with Gasteiger partial charge >= 0.3 is 6.18 Å². The second-order valence-electron chi connectivity index (χ2n) is 5.06. The summed E-state index contributed by atoms with van der Waals surface area (Å²) in [6.07, 6.45) is -1.55. The molecule has 0 aromatic carbocycles. The van der Waals surface area contributed by atoms with Gasteiger partial charge in [-0.3, -0.25) is 4.79 Å². The Bertz CT molecular complexity index is 871. The van der Waals surface area contributed by atoms with Crippen LogP contribution >= 0.6 is 0 Å². The van der Waals surface area contributed by atoms with E-state index in [0.29, 0.717) is 12.1 Å². The fourth-order valence-electron chi connectivity index (χ4n) is 2.25. The van der Waals surface area contributed by atoms with Gasteiger partial charge in [0, 0.05) is 32.3 Å². The van der Waals surface area contributed by atoms with Crippen LogP contribution in [0.2, 0.25) is 0 Å². The van der Waals surface area contributed by atoms with Gasteiger partial charge in [-0.15, -0.1) is 0 Å². The Morgan fingerprint density at radius 1 is 1.42 bits per heavy atom. The van der Waals surface area contributed by atoms with Gasteiger partial charge in [0.25, 0.3) is 5.91 Å². The summed E-state index contributed by atoms with van der Waals surface area (Å²) < 4.78 is 44.7. The van der Waals surface area contributed by atoms with Crippen LogP contribution in [0.5, 0.6) is 0 Å². The third kappa shape index (κ3) is 3.07. The topological polar surface area (TPSA) is 85.8 Å². The maximum atomic E-state index is 13.0. The van der Waals surface area contributed by atoms with Crippen LogP contribution in [-0.4, -0.2) is 32.4 Å². The van der Waals surface area contributed by atoms with Crippen LogP contribution in [0.25, 0.3) is 11.0 Å². The predicted octanol–water partition coefficient (Wildman–Crippen LogP) is 1.95.